The van der Waals surface area contributed by atoms with Gasteiger partial charge in [-0.15, -0.1) is 0 Å². The molecule has 1 heterocycles. The molecule has 3 aromatic rings. The van der Waals surface area contributed by atoms with Gasteiger partial charge in [0.25, 0.3) is 5.69 Å². The molecule has 0 aliphatic rings. The monoisotopic (exact) mass is 390 g/mol. The van der Waals surface area contributed by atoms with Crippen LogP contribution in [0.4, 0.5) is 17.3 Å². The van der Waals surface area contributed by atoms with Crippen molar-refractivity contribution in [3.8, 4) is 22.4 Å². The highest BCUT2D eigenvalue weighted by Gasteiger charge is 2.22. The Bertz CT molecular complexity index is 926. The molecule has 28 heavy (non-hydrogen) atoms. The van der Waals surface area contributed by atoms with Crippen LogP contribution in [0.5, 0.6) is 0 Å². The Morgan fingerprint density at radius 1 is 0.821 bits per heavy atom. The van der Waals surface area contributed by atoms with E-state index in [1.165, 1.54) is 0 Å². The van der Waals surface area contributed by atoms with Crippen molar-refractivity contribution in [1.29, 1.82) is 0 Å². The van der Waals surface area contributed by atoms with E-state index < -0.39 is 7.25 Å². The summed E-state index contributed by atoms with van der Waals surface area (Å²) in [6.07, 6.45) is 0. The third-order valence-electron chi connectivity index (χ3n) is 3.94. The number of aromatic nitrogens is 1. The van der Waals surface area contributed by atoms with E-state index in [0.29, 0.717) is 5.69 Å². The normalized spacial score (nSPS) is 10.6. The molecule has 0 aliphatic heterocycles. The zero-order valence-electron chi connectivity index (χ0n) is 15.4. The SMILES string of the molecule is CNC(=O)c1cc(-c2ccccc2)cc(-c2ccccc2)[n+]1C.F[B-](F)(F)F. The first-order chi connectivity index (χ1) is 13.2. The van der Waals surface area contributed by atoms with Crippen molar-refractivity contribution in [3.63, 3.8) is 0 Å². The van der Waals surface area contributed by atoms with Crippen molar-refractivity contribution in [2.45, 2.75) is 0 Å². The topological polar surface area (TPSA) is 33.0 Å². The Morgan fingerprint density at radius 2 is 1.29 bits per heavy atom. The Morgan fingerprint density at radius 3 is 1.75 bits per heavy atom. The molecule has 0 bridgehead atoms. The summed E-state index contributed by atoms with van der Waals surface area (Å²) in [5.74, 6) is -0.0949. The van der Waals surface area contributed by atoms with Gasteiger partial charge in [-0.1, -0.05) is 48.5 Å². The predicted molar refractivity (Wildman–Crippen MR) is 102 cm³/mol. The van der Waals surface area contributed by atoms with Crippen molar-refractivity contribution >= 4 is 13.2 Å². The van der Waals surface area contributed by atoms with Crippen LogP contribution in [0.3, 0.4) is 0 Å². The van der Waals surface area contributed by atoms with Crippen molar-refractivity contribution in [2.75, 3.05) is 7.05 Å². The van der Waals surface area contributed by atoms with Gasteiger partial charge in [-0.25, -0.2) is 0 Å². The van der Waals surface area contributed by atoms with Crippen LogP contribution >= 0.6 is 0 Å². The van der Waals surface area contributed by atoms with Gasteiger partial charge in [-0.3, -0.25) is 4.79 Å². The third-order valence-corrected chi connectivity index (χ3v) is 3.94. The molecule has 8 heteroatoms. The lowest BCUT2D eigenvalue weighted by atomic mass is 10.0. The number of hydrogen-bond acceptors (Lipinski definition) is 1. The second-order valence-corrected chi connectivity index (χ2v) is 5.88. The van der Waals surface area contributed by atoms with Crippen LogP contribution < -0.4 is 9.88 Å². The lowest BCUT2D eigenvalue weighted by Gasteiger charge is -2.09. The van der Waals surface area contributed by atoms with Gasteiger partial charge in [0.1, 0.15) is 7.05 Å². The highest BCUT2D eigenvalue weighted by molar-refractivity contribution is 6.50. The molecule has 1 N–H and O–H groups in total. The van der Waals surface area contributed by atoms with E-state index in [1.54, 1.807) is 7.05 Å². The number of carbonyl (C=O) groups is 1. The number of hydrogen-bond donors (Lipinski definition) is 1. The first-order valence-corrected chi connectivity index (χ1v) is 8.45. The van der Waals surface area contributed by atoms with Gasteiger partial charge in [0.05, 0.1) is 0 Å². The zero-order valence-corrected chi connectivity index (χ0v) is 15.4. The number of carbonyl (C=O) groups excluding carboxylic acids is 1. The molecule has 1 aromatic heterocycles. The maximum Gasteiger partial charge on any atom is 0.673 e. The van der Waals surface area contributed by atoms with Gasteiger partial charge in [-0.2, -0.15) is 4.57 Å². The number of rotatable bonds is 3. The summed E-state index contributed by atoms with van der Waals surface area (Å²) in [6.45, 7) is 0. The van der Waals surface area contributed by atoms with Crippen molar-refractivity contribution in [1.82, 2.24) is 5.32 Å². The maximum atomic E-state index is 12.3. The van der Waals surface area contributed by atoms with E-state index in [9.17, 15) is 22.1 Å². The van der Waals surface area contributed by atoms with Crippen molar-refractivity contribution < 1.29 is 26.6 Å². The van der Waals surface area contributed by atoms with Gasteiger partial charge >= 0.3 is 13.2 Å². The lowest BCUT2D eigenvalue weighted by Crippen LogP contribution is -2.41. The predicted octanol–water partition coefficient (Wildman–Crippen LogP) is 4.50. The Kier molecular flexibility index (Phi) is 6.92. The smallest absolute Gasteiger partial charge is 0.418 e. The summed E-state index contributed by atoms with van der Waals surface area (Å²) in [6, 6.07) is 24.3. The maximum absolute atomic E-state index is 12.3. The van der Waals surface area contributed by atoms with Gasteiger partial charge < -0.3 is 22.6 Å². The van der Waals surface area contributed by atoms with Crippen molar-refractivity contribution in [2.24, 2.45) is 7.05 Å². The van der Waals surface area contributed by atoms with Crippen LogP contribution in [0.15, 0.2) is 72.8 Å². The number of pyridine rings is 1. The summed E-state index contributed by atoms with van der Waals surface area (Å²) >= 11 is 0. The second-order valence-electron chi connectivity index (χ2n) is 5.88. The molecule has 0 aliphatic carbocycles. The molecule has 3 rings (SSSR count). The van der Waals surface area contributed by atoms with E-state index >= 15 is 0 Å². The fourth-order valence-electron chi connectivity index (χ4n) is 2.69. The minimum Gasteiger partial charge on any atom is -0.418 e. The van der Waals surface area contributed by atoms with Gasteiger partial charge in [0.2, 0.25) is 5.69 Å². The molecular weight excluding hydrogens is 371 g/mol. The number of nitrogens with one attached hydrogen (secondary N) is 1. The van der Waals surface area contributed by atoms with Crippen LogP contribution in [0, 0.1) is 0 Å². The zero-order chi connectivity index (χ0) is 20.7. The minimum absolute atomic E-state index is 0.0949. The molecule has 0 unspecified atom stereocenters. The first-order valence-electron chi connectivity index (χ1n) is 8.45. The molecule has 0 saturated carbocycles. The molecule has 0 spiro atoms. The van der Waals surface area contributed by atoms with Crippen LogP contribution in [0.25, 0.3) is 22.4 Å². The molecule has 0 atom stereocenters. The molecule has 3 nitrogen and oxygen atoms in total. The van der Waals surface area contributed by atoms with Crippen LogP contribution in [0.2, 0.25) is 0 Å². The van der Waals surface area contributed by atoms with E-state index in [-0.39, 0.29) is 5.91 Å². The minimum atomic E-state index is -6.00. The summed E-state index contributed by atoms with van der Waals surface area (Å²) in [7, 11) is -2.43. The average molecular weight is 390 g/mol. The summed E-state index contributed by atoms with van der Waals surface area (Å²) in [5.41, 5.74) is 4.84. The van der Waals surface area contributed by atoms with Gasteiger partial charge in [0.15, 0.2) is 0 Å². The lowest BCUT2D eigenvalue weighted by molar-refractivity contribution is -0.662. The molecule has 1 amide bonds. The van der Waals surface area contributed by atoms with Crippen LogP contribution in [0.1, 0.15) is 10.5 Å². The molecule has 2 aromatic carbocycles. The molecule has 0 saturated heterocycles. The highest BCUT2D eigenvalue weighted by Crippen LogP contribution is 2.24. The van der Waals surface area contributed by atoms with Crippen LogP contribution in [-0.4, -0.2) is 20.2 Å². The fraction of sp³-hybridized carbons (Fsp3) is 0.100. The van der Waals surface area contributed by atoms with E-state index in [1.807, 2.05) is 54.1 Å². The summed E-state index contributed by atoms with van der Waals surface area (Å²) in [5, 5.41) is 2.72. The highest BCUT2D eigenvalue weighted by atomic mass is 19.5. The summed E-state index contributed by atoms with van der Waals surface area (Å²) in [4.78, 5) is 12.3. The Balaban J connectivity index is 0.000000500. The van der Waals surface area contributed by atoms with E-state index in [2.05, 4.69) is 35.6 Å². The third kappa shape index (κ3) is 5.94. The van der Waals surface area contributed by atoms with Crippen molar-refractivity contribution in [3.05, 3.63) is 78.5 Å². The number of benzene rings is 2. The Hall–Kier alpha value is -3.16. The fourth-order valence-corrected chi connectivity index (χ4v) is 2.69. The second kappa shape index (κ2) is 9.17. The van der Waals surface area contributed by atoms with E-state index in [0.717, 1.165) is 22.4 Å². The number of nitrogens with zero attached hydrogens (tertiary/aromatic N) is 1. The first kappa shape index (κ1) is 21.1. The summed E-state index contributed by atoms with van der Waals surface area (Å²) < 4.78 is 40.9. The number of amides is 1. The quantitative estimate of drug-likeness (QED) is 0.399. The van der Waals surface area contributed by atoms with E-state index in [4.69, 9.17) is 0 Å². The van der Waals surface area contributed by atoms with Gasteiger partial charge in [0, 0.05) is 24.7 Å². The molecular formula is C20H19BF4N2O. The number of halogens is 4. The standard InChI is InChI=1S/C20H18N2O.BF4/c1-21-20(23)19-14-17(15-9-5-3-6-10-15)13-18(22(19)2)16-11-7-4-8-12-16;2-1(3,4)5/h3-14H,1-2H3;/q;-1/p+1. The molecule has 0 radical (unpaired) electrons. The molecule has 0 fully saturated rings. The molecule has 146 valence electrons. The Labute approximate surface area is 160 Å². The van der Waals surface area contributed by atoms with Crippen LogP contribution in [-0.2, 0) is 7.05 Å². The average Bonchev–Trinajstić information content (AvgIpc) is 2.67. The largest absolute Gasteiger partial charge is 0.673 e. The van der Waals surface area contributed by atoms with Gasteiger partial charge in [-0.05, 0) is 23.3 Å².